The molecule has 143 heavy (non-hydrogen) atoms. The van der Waals surface area contributed by atoms with Gasteiger partial charge >= 0.3 is 89.5 Å². The Bertz CT molecular complexity index is 5350. The number of hydrogen-bond acceptors (Lipinski definition) is 42. The van der Waals surface area contributed by atoms with E-state index in [0.717, 1.165) is 69.2 Å². The maximum atomic E-state index is 15.3. The average molecular weight is 2000 g/mol. The quantitative estimate of drug-likeness (QED) is 0.0257. The maximum Gasteiger partial charge on any atom is 0.338 e. The van der Waals surface area contributed by atoms with Gasteiger partial charge in [-0.2, -0.15) is 0 Å². The van der Waals surface area contributed by atoms with Gasteiger partial charge in [0.1, 0.15) is 87.3 Å². The van der Waals surface area contributed by atoms with Crippen LogP contribution < -0.4 is 10.6 Å². The number of unbranched alkanes of at least 4 members (excludes halogenated alkanes) is 2. The van der Waals surface area contributed by atoms with Crippen molar-refractivity contribution < 1.29 is 200 Å². The number of carbonyl (C=O) groups is 17. The average Bonchev–Trinajstić information content (AvgIpc) is 0.760. The van der Waals surface area contributed by atoms with Gasteiger partial charge < -0.3 is 129 Å². The molecule has 5 aliphatic rings. The Balaban J connectivity index is 1.06. The maximum absolute atomic E-state index is 15.3. The third kappa shape index (κ3) is 31.5. The molecule has 44 nitrogen and oxygen atoms in total. The molecule has 5 fully saturated rings. The van der Waals surface area contributed by atoms with Gasteiger partial charge in [0.15, 0.2) is 92.5 Å². The minimum Gasteiger partial charge on any atom is -0.469 e. The molecule has 0 bridgehead atoms. The van der Waals surface area contributed by atoms with Crippen molar-refractivity contribution in [3.8, 4) is 0 Å². The first kappa shape index (κ1) is 109. The second-order valence-corrected chi connectivity index (χ2v) is 33.0. The normalized spacial score (nSPS) is 27.0. The molecule has 0 spiro atoms. The van der Waals surface area contributed by atoms with Crippen LogP contribution in [0.2, 0.25) is 0 Å². The topological polar surface area (TPSA) is 545 Å². The summed E-state index contributed by atoms with van der Waals surface area (Å²) in [7, 11) is 1.21. The van der Waals surface area contributed by atoms with E-state index >= 15 is 14.4 Å². The summed E-state index contributed by atoms with van der Waals surface area (Å²) in [6.45, 7) is 4.69. The first-order valence-electron chi connectivity index (χ1n) is 45.4. The van der Waals surface area contributed by atoms with Crippen LogP contribution in [-0.2, 0) is 171 Å². The summed E-state index contributed by atoms with van der Waals surface area (Å²) in [5.41, 5.74) is -0.696. The SMILES string of the molecule is COC(=O)CCCCCO[C@H]1O[C@H](CO[C@@H]2O[C@H](COC(C)=O)[C@@H](O[C@@H]3O[C@H](COC(C)=O)[C@H](O[C@H]4O[C@H](COC(C)=O)[C@H](OC(C)=O)[C@H](OC(C)=O)[C@H]4OC(C)=O)[C@H](OC(C)=O)[C@H]3OC(=O)c3ccccc3)[C@H](OC(=O)c3ccccc3)[C@H]2NC(C)=O)[C@H](OC(C)=O)[C@H](O[C@@H]2O[C@H](COC(=O)c3ccccc3)[C@H](OC(=O)c3ccccc3)[C@H](OC(=O)c3ccccc3)[C@H]2OC(=O)c2ccccc2)[C@H]1NC(C)=O. The fourth-order valence-electron chi connectivity index (χ4n) is 16.0. The molecular formula is C99H110N2O42. The van der Waals surface area contributed by atoms with Crippen molar-refractivity contribution >= 4 is 101 Å². The molecule has 0 aromatic heterocycles. The first-order valence-corrected chi connectivity index (χ1v) is 45.4. The number of rotatable bonds is 42. The molecule has 0 aliphatic carbocycles. The van der Waals surface area contributed by atoms with Crippen molar-refractivity contribution in [3.05, 3.63) is 215 Å². The zero-order valence-corrected chi connectivity index (χ0v) is 79.5. The predicted molar refractivity (Wildman–Crippen MR) is 478 cm³/mol. The lowest BCUT2D eigenvalue weighted by Gasteiger charge is -2.51. The molecule has 0 saturated carbocycles. The van der Waals surface area contributed by atoms with Crippen LogP contribution in [0, 0.1) is 0 Å². The van der Waals surface area contributed by atoms with Crippen LogP contribution in [0.1, 0.15) is 157 Å². The number of methoxy groups -OCH3 is 1. The van der Waals surface area contributed by atoms with Gasteiger partial charge in [-0.05, 0) is 85.6 Å². The van der Waals surface area contributed by atoms with E-state index in [0.29, 0.717) is 0 Å². The molecule has 0 radical (unpaired) electrons. The smallest absolute Gasteiger partial charge is 0.338 e. The Kier molecular flexibility index (Phi) is 40.6. The number of hydrogen-bond donors (Lipinski definition) is 2. The van der Waals surface area contributed by atoms with Crippen molar-refractivity contribution in [3.63, 3.8) is 0 Å². The van der Waals surface area contributed by atoms with Crippen molar-refractivity contribution in [1.82, 2.24) is 10.6 Å². The molecule has 6 aromatic carbocycles. The lowest BCUT2D eigenvalue weighted by atomic mass is 9.93. The molecule has 0 unspecified atom stereocenters. The standard InChI is InChI=1S/C99H110N2O42/c1-52(102)100-74-81(137-91(115)64-37-23-14-24-38-64)77(141-98-87(139-93(117)66-41-27-16-28-42-66)84(129-60(9)110)80(70(134-98)49-123-56(5)106)142-97-86(130-61(10)111)83(128-59(8)109)78(127-58(7)108)69(133-97)48-122-55(4)105)68(47-121-54(3)104)132-96(74)125-51-72-76(126-57(6)107)82(75(101-53(2)103)95(131-72)120-46-32-18-31-45-73(112)119-11)143-99-88(140-94(118)67-43-29-17-30-44-67)85(138-92(116)65-39-25-15-26-40-65)79(136-90(114)63-35-21-13-22-36-63)71(135-99)50-124-89(113)62-33-19-12-20-34-62/h12-17,19-30,33-44,68-72,74-88,95-99H,18,31-32,45-51H2,1-11H3,(H,100,102)(H,101,103)/t68-,69-,70-,71-,72-,74-,75-,76+,77-,78+,79+,80+,81-,82-,83+,84+,85+,86-,87-,88-,95+,96-,97-,98+,99+/m1/s1. The third-order valence-corrected chi connectivity index (χ3v) is 22.2. The summed E-state index contributed by atoms with van der Waals surface area (Å²) < 4.78 is 157. The predicted octanol–water partition coefficient (Wildman–Crippen LogP) is 5.88. The third-order valence-electron chi connectivity index (χ3n) is 22.2. The molecule has 5 heterocycles. The highest BCUT2D eigenvalue weighted by molar-refractivity contribution is 5.93. The van der Waals surface area contributed by atoms with E-state index in [1.165, 1.54) is 147 Å². The van der Waals surface area contributed by atoms with E-state index in [1.54, 1.807) is 42.5 Å². The van der Waals surface area contributed by atoms with Crippen molar-refractivity contribution in [2.75, 3.05) is 46.8 Å². The number of ether oxygens (including phenoxy) is 25. The molecular weight excluding hydrogens is 1890 g/mol. The molecule has 5 saturated heterocycles. The van der Waals surface area contributed by atoms with Gasteiger partial charge in [-0.3, -0.25) is 52.7 Å². The highest BCUT2D eigenvalue weighted by Gasteiger charge is 2.63. The molecule has 2 N–H and O–H groups in total. The lowest BCUT2D eigenvalue weighted by Crippen LogP contribution is -2.70. The summed E-state index contributed by atoms with van der Waals surface area (Å²) in [6, 6.07) is 39.9. The Morgan fingerprint density at radius 1 is 0.245 bits per heavy atom. The van der Waals surface area contributed by atoms with Crippen LogP contribution in [0.3, 0.4) is 0 Å². The van der Waals surface area contributed by atoms with Crippen LogP contribution in [0.25, 0.3) is 0 Å². The Labute approximate surface area is 818 Å². The van der Waals surface area contributed by atoms with Gasteiger partial charge in [-0.25, -0.2) is 28.8 Å². The number of nitrogens with one attached hydrogen (secondary N) is 2. The van der Waals surface area contributed by atoms with E-state index in [9.17, 15) is 67.1 Å². The molecule has 2 amide bonds. The van der Waals surface area contributed by atoms with Gasteiger partial charge in [0.2, 0.25) is 11.8 Å². The molecule has 5 aliphatic heterocycles. The second-order valence-electron chi connectivity index (χ2n) is 33.0. The number of amides is 2. The van der Waals surface area contributed by atoms with Gasteiger partial charge in [0.05, 0.1) is 47.1 Å². The Morgan fingerprint density at radius 3 is 0.867 bits per heavy atom. The van der Waals surface area contributed by atoms with Gasteiger partial charge in [0, 0.05) is 82.3 Å². The van der Waals surface area contributed by atoms with Crippen LogP contribution in [0.5, 0.6) is 0 Å². The van der Waals surface area contributed by atoms with E-state index < -0.39 is 288 Å². The Hall–Kier alpha value is -14.1. The number of esters is 15. The largest absolute Gasteiger partial charge is 0.469 e. The molecule has 6 aromatic rings. The van der Waals surface area contributed by atoms with Crippen LogP contribution >= 0.6 is 0 Å². The summed E-state index contributed by atoms with van der Waals surface area (Å²) in [5.74, 6) is -17.6. The number of carbonyl (C=O) groups excluding carboxylic acids is 17. The minimum absolute atomic E-state index is 0.0121. The van der Waals surface area contributed by atoms with Gasteiger partial charge in [-0.1, -0.05) is 116 Å². The van der Waals surface area contributed by atoms with Crippen LogP contribution in [0.15, 0.2) is 182 Å². The fraction of sp³-hybridized carbons (Fsp3) is 0.465. The van der Waals surface area contributed by atoms with Gasteiger partial charge in [-0.15, -0.1) is 0 Å². The molecule has 11 rings (SSSR count). The van der Waals surface area contributed by atoms with E-state index in [4.69, 9.17) is 118 Å². The molecule has 44 heteroatoms. The zero-order valence-electron chi connectivity index (χ0n) is 79.5. The zero-order chi connectivity index (χ0) is 103. The number of benzene rings is 6. The Morgan fingerprint density at radius 2 is 0.503 bits per heavy atom. The first-order chi connectivity index (χ1) is 68.5. The molecule has 768 valence electrons. The monoisotopic (exact) mass is 2000 g/mol. The van der Waals surface area contributed by atoms with E-state index in [-0.39, 0.29) is 65.7 Å². The van der Waals surface area contributed by atoms with Crippen LogP contribution in [-0.4, -0.2) is 302 Å². The van der Waals surface area contributed by atoms with Crippen molar-refractivity contribution in [1.29, 1.82) is 0 Å². The lowest BCUT2D eigenvalue weighted by molar-refractivity contribution is -0.375. The summed E-state index contributed by atoms with van der Waals surface area (Å²) >= 11 is 0. The highest BCUT2D eigenvalue weighted by atomic mass is 16.8. The van der Waals surface area contributed by atoms with Gasteiger partial charge in [0.25, 0.3) is 0 Å². The van der Waals surface area contributed by atoms with E-state index in [1.807, 2.05) is 0 Å². The summed E-state index contributed by atoms with van der Waals surface area (Å²) in [5, 5.41) is 5.43. The van der Waals surface area contributed by atoms with Crippen molar-refractivity contribution in [2.45, 2.75) is 248 Å². The summed E-state index contributed by atoms with van der Waals surface area (Å²) in [4.78, 5) is 237. The minimum atomic E-state index is -2.38. The van der Waals surface area contributed by atoms with E-state index in [2.05, 4.69) is 10.6 Å². The second kappa shape index (κ2) is 53.1. The van der Waals surface area contributed by atoms with Crippen LogP contribution in [0.4, 0.5) is 0 Å². The summed E-state index contributed by atoms with van der Waals surface area (Å²) in [6.07, 6.45) is -46.8. The highest BCUT2D eigenvalue weighted by Crippen LogP contribution is 2.42. The fourth-order valence-corrected chi connectivity index (χ4v) is 16.0. The molecule has 25 atom stereocenters. The van der Waals surface area contributed by atoms with Crippen molar-refractivity contribution in [2.24, 2.45) is 0 Å².